The zero-order valence-corrected chi connectivity index (χ0v) is 16.6. The van der Waals surface area contributed by atoms with Gasteiger partial charge in [-0.3, -0.25) is 0 Å². The maximum absolute atomic E-state index is 13.8. The molecule has 1 heterocycles. The van der Waals surface area contributed by atoms with Gasteiger partial charge in [-0.1, -0.05) is 18.2 Å². The molecule has 0 spiro atoms. The number of carbonyl (C=O) groups excluding carboxylic acids is 1. The van der Waals surface area contributed by atoms with Crippen LogP contribution in [0.15, 0.2) is 60.8 Å². The second-order valence-corrected chi connectivity index (χ2v) is 6.55. The van der Waals surface area contributed by atoms with Crippen LogP contribution >= 0.6 is 0 Å². The van der Waals surface area contributed by atoms with Crippen LogP contribution in [0.5, 0.6) is 17.4 Å². The molecule has 0 radical (unpaired) electrons. The topological polar surface area (TPSA) is 63.7 Å². The number of nitrogens with one attached hydrogen (secondary N) is 1. The molecule has 0 saturated heterocycles. The van der Waals surface area contributed by atoms with Crippen LogP contribution in [0.2, 0.25) is 0 Å². The third-order valence-electron chi connectivity index (χ3n) is 4.24. The zero-order valence-electron chi connectivity index (χ0n) is 16.6. The molecular weight excluding hydrogens is 392 g/mol. The molecule has 0 unspecified atom stereocenters. The van der Waals surface area contributed by atoms with Gasteiger partial charge in [0.25, 0.3) is 0 Å². The SMILES string of the molecule is COc1ccc(CN(C)C(=O)NCc2ccc(Oc3cccc(F)c3)nc2)cc1F. The van der Waals surface area contributed by atoms with Gasteiger partial charge in [-0.2, -0.15) is 0 Å². The van der Waals surface area contributed by atoms with E-state index < -0.39 is 11.6 Å². The summed E-state index contributed by atoms with van der Waals surface area (Å²) in [4.78, 5) is 17.9. The van der Waals surface area contributed by atoms with Crippen LogP contribution in [-0.2, 0) is 13.1 Å². The average Bonchev–Trinajstić information content (AvgIpc) is 2.73. The number of ether oxygens (including phenoxy) is 2. The van der Waals surface area contributed by atoms with Gasteiger partial charge in [0.15, 0.2) is 11.6 Å². The summed E-state index contributed by atoms with van der Waals surface area (Å²) >= 11 is 0. The molecule has 0 bridgehead atoms. The van der Waals surface area contributed by atoms with E-state index in [4.69, 9.17) is 9.47 Å². The van der Waals surface area contributed by atoms with Crippen LogP contribution in [0, 0.1) is 11.6 Å². The average molecular weight is 413 g/mol. The molecule has 3 aromatic rings. The number of hydrogen-bond acceptors (Lipinski definition) is 4. The quantitative estimate of drug-likeness (QED) is 0.619. The van der Waals surface area contributed by atoms with Crippen molar-refractivity contribution in [1.29, 1.82) is 0 Å². The summed E-state index contributed by atoms with van der Waals surface area (Å²) in [5, 5.41) is 2.77. The molecule has 1 aromatic heterocycles. The number of carbonyl (C=O) groups is 1. The van der Waals surface area contributed by atoms with Crippen molar-refractivity contribution in [2.45, 2.75) is 13.1 Å². The van der Waals surface area contributed by atoms with Gasteiger partial charge in [-0.25, -0.2) is 18.6 Å². The van der Waals surface area contributed by atoms with Crippen LogP contribution in [0.3, 0.4) is 0 Å². The Morgan fingerprint density at radius 3 is 2.57 bits per heavy atom. The molecule has 8 heteroatoms. The van der Waals surface area contributed by atoms with E-state index in [2.05, 4.69) is 10.3 Å². The Morgan fingerprint density at radius 1 is 1.10 bits per heavy atom. The Bertz CT molecular complexity index is 1010. The summed E-state index contributed by atoms with van der Waals surface area (Å²) in [6, 6.07) is 13.4. The van der Waals surface area contributed by atoms with E-state index in [1.165, 1.54) is 36.3 Å². The molecule has 0 fully saturated rings. The first-order valence-electron chi connectivity index (χ1n) is 9.14. The van der Waals surface area contributed by atoms with Gasteiger partial charge in [0.1, 0.15) is 11.6 Å². The molecule has 156 valence electrons. The van der Waals surface area contributed by atoms with Crippen molar-refractivity contribution in [1.82, 2.24) is 15.2 Å². The minimum atomic E-state index is -0.476. The normalized spacial score (nSPS) is 10.4. The maximum Gasteiger partial charge on any atom is 0.317 e. The fourth-order valence-electron chi connectivity index (χ4n) is 2.69. The maximum atomic E-state index is 13.8. The van der Waals surface area contributed by atoms with Crippen molar-refractivity contribution >= 4 is 6.03 Å². The third-order valence-corrected chi connectivity index (χ3v) is 4.24. The molecule has 1 N–H and O–H groups in total. The molecule has 3 rings (SSSR count). The Kier molecular flexibility index (Phi) is 6.79. The molecule has 0 aliphatic carbocycles. The predicted octanol–water partition coefficient (Wildman–Crippen LogP) is 4.50. The van der Waals surface area contributed by atoms with E-state index in [0.29, 0.717) is 17.2 Å². The minimum Gasteiger partial charge on any atom is -0.494 e. The van der Waals surface area contributed by atoms with Crippen molar-refractivity contribution in [2.24, 2.45) is 0 Å². The van der Waals surface area contributed by atoms with Crippen LogP contribution < -0.4 is 14.8 Å². The summed E-state index contributed by atoms with van der Waals surface area (Å²) in [7, 11) is 3.01. The van der Waals surface area contributed by atoms with Crippen molar-refractivity contribution in [3.8, 4) is 17.4 Å². The monoisotopic (exact) mass is 413 g/mol. The van der Waals surface area contributed by atoms with Crippen molar-refractivity contribution in [3.63, 3.8) is 0 Å². The number of methoxy groups -OCH3 is 1. The summed E-state index contributed by atoms with van der Waals surface area (Å²) in [5.41, 5.74) is 1.41. The molecule has 0 aliphatic heterocycles. The highest BCUT2D eigenvalue weighted by Crippen LogP contribution is 2.20. The van der Waals surface area contributed by atoms with E-state index >= 15 is 0 Å². The lowest BCUT2D eigenvalue weighted by Gasteiger charge is -2.18. The summed E-state index contributed by atoms with van der Waals surface area (Å²) in [6.07, 6.45) is 1.56. The van der Waals surface area contributed by atoms with Gasteiger partial charge in [0, 0.05) is 38.5 Å². The number of aromatic nitrogens is 1. The number of rotatable bonds is 7. The number of benzene rings is 2. The van der Waals surface area contributed by atoms with Crippen molar-refractivity contribution in [3.05, 3.63) is 83.6 Å². The zero-order chi connectivity index (χ0) is 21.5. The lowest BCUT2D eigenvalue weighted by molar-refractivity contribution is 0.206. The van der Waals surface area contributed by atoms with E-state index in [9.17, 15) is 13.6 Å². The number of halogens is 2. The molecule has 2 amide bonds. The molecule has 0 atom stereocenters. The number of hydrogen-bond donors (Lipinski definition) is 1. The Hall–Kier alpha value is -3.68. The Balaban J connectivity index is 1.50. The van der Waals surface area contributed by atoms with E-state index in [0.717, 1.165) is 5.56 Å². The van der Waals surface area contributed by atoms with E-state index in [-0.39, 0.29) is 24.9 Å². The second kappa shape index (κ2) is 9.69. The van der Waals surface area contributed by atoms with Crippen LogP contribution in [0.4, 0.5) is 13.6 Å². The van der Waals surface area contributed by atoms with E-state index in [1.54, 1.807) is 43.6 Å². The van der Waals surface area contributed by atoms with Gasteiger partial charge >= 0.3 is 6.03 Å². The van der Waals surface area contributed by atoms with Gasteiger partial charge in [-0.05, 0) is 35.4 Å². The Morgan fingerprint density at radius 2 is 1.90 bits per heavy atom. The van der Waals surface area contributed by atoms with Gasteiger partial charge in [0.2, 0.25) is 5.88 Å². The molecule has 0 saturated carbocycles. The largest absolute Gasteiger partial charge is 0.494 e. The summed E-state index contributed by atoms with van der Waals surface area (Å²) in [6.45, 7) is 0.499. The molecule has 2 aromatic carbocycles. The van der Waals surface area contributed by atoms with Gasteiger partial charge in [0.05, 0.1) is 7.11 Å². The van der Waals surface area contributed by atoms with Crippen LogP contribution in [-0.4, -0.2) is 30.1 Å². The lowest BCUT2D eigenvalue weighted by Crippen LogP contribution is -2.36. The van der Waals surface area contributed by atoms with Gasteiger partial charge < -0.3 is 19.7 Å². The first kappa shape index (κ1) is 21.0. The second-order valence-electron chi connectivity index (χ2n) is 6.55. The van der Waals surface area contributed by atoms with Crippen molar-refractivity contribution < 1.29 is 23.0 Å². The summed E-state index contributed by atoms with van der Waals surface area (Å²) < 4.78 is 37.4. The highest BCUT2D eigenvalue weighted by molar-refractivity contribution is 5.73. The highest BCUT2D eigenvalue weighted by atomic mass is 19.1. The first-order valence-corrected chi connectivity index (χ1v) is 9.14. The molecule has 30 heavy (non-hydrogen) atoms. The van der Waals surface area contributed by atoms with Crippen molar-refractivity contribution in [2.75, 3.05) is 14.2 Å². The fourth-order valence-corrected chi connectivity index (χ4v) is 2.69. The van der Waals surface area contributed by atoms with E-state index in [1.807, 2.05) is 0 Å². The van der Waals surface area contributed by atoms with Gasteiger partial charge in [-0.15, -0.1) is 0 Å². The molecular formula is C22H21F2N3O3. The fraction of sp³-hybridized carbons (Fsp3) is 0.182. The predicted molar refractivity (Wildman–Crippen MR) is 107 cm³/mol. The number of amides is 2. The first-order chi connectivity index (χ1) is 14.4. The number of pyridine rings is 1. The number of urea groups is 1. The third kappa shape index (κ3) is 5.66. The minimum absolute atomic E-state index is 0.156. The molecule has 6 nitrogen and oxygen atoms in total. The lowest BCUT2D eigenvalue weighted by atomic mass is 10.2. The molecule has 0 aliphatic rings. The van der Waals surface area contributed by atoms with Crippen LogP contribution in [0.1, 0.15) is 11.1 Å². The Labute approximate surface area is 173 Å². The standard InChI is InChI=1S/C22H21F2N3O3/c1-27(14-15-6-8-20(29-2)19(24)10-15)22(28)26-13-16-7-9-21(25-12-16)30-18-5-3-4-17(23)11-18/h3-12H,13-14H2,1-2H3,(H,26,28). The highest BCUT2D eigenvalue weighted by Gasteiger charge is 2.11. The summed E-state index contributed by atoms with van der Waals surface area (Å²) in [5.74, 6) is -0.0542. The smallest absolute Gasteiger partial charge is 0.317 e. The number of nitrogens with zero attached hydrogens (tertiary/aromatic N) is 2. The van der Waals surface area contributed by atoms with Crippen LogP contribution in [0.25, 0.3) is 0 Å².